The van der Waals surface area contributed by atoms with Gasteiger partial charge in [0.2, 0.25) is 5.91 Å². The van der Waals surface area contributed by atoms with E-state index in [0.717, 1.165) is 42.7 Å². The van der Waals surface area contributed by atoms with E-state index in [1.54, 1.807) is 23.0 Å². The molecule has 0 radical (unpaired) electrons. The van der Waals surface area contributed by atoms with Crippen molar-refractivity contribution in [1.29, 1.82) is 0 Å². The summed E-state index contributed by atoms with van der Waals surface area (Å²) in [4.78, 5) is 21.6. The molecule has 0 bridgehead atoms. The summed E-state index contributed by atoms with van der Waals surface area (Å²) in [5.74, 6) is 0.895. The zero-order valence-corrected chi connectivity index (χ0v) is 17.2. The summed E-state index contributed by atoms with van der Waals surface area (Å²) in [7, 11) is 0. The lowest BCUT2D eigenvalue weighted by molar-refractivity contribution is 0.100. The van der Waals surface area contributed by atoms with Crippen LogP contribution in [0.25, 0.3) is 16.9 Å². The summed E-state index contributed by atoms with van der Waals surface area (Å²) >= 11 is 0. The minimum Gasteiger partial charge on any atom is -0.366 e. The zero-order chi connectivity index (χ0) is 21.2. The van der Waals surface area contributed by atoms with Crippen LogP contribution in [-0.2, 0) is 19.4 Å². The van der Waals surface area contributed by atoms with E-state index in [9.17, 15) is 4.79 Å². The molecule has 2 aromatic heterocycles. The predicted molar refractivity (Wildman–Crippen MR) is 120 cm³/mol. The van der Waals surface area contributed by atoms with Gasteiger partial charge in [0.15, 0.2) is 0 Å². The summed E-state index contributed by atoms with van der Waals surface area (Å²) in [6.45, 7) is 0.690. The molecule has 5 rings (SSSR count). The molecule has 0 saturated carbocycles. The standard InChI is InChI=1S/C24H24N6O/c25-22(31)17-11-7-13-21-19(17)15-27-30(21)24-28-20-12-6-2-5-10-18(20)23(29-24)26-14-16-8-3-1-4-9-16/h1,3-4,7-9,11,13,15H,2,5-6,10,12,14H2,(H2,25,31)(H,26,28,29). The van der Waals surface area contributed by atoms with Crippen molar-refractivity contribution in [2.75, 3.05) is 5.32 Å². The molecule has 0 spiro atoms. The topological polar surface area (TPSA) is 98.7 Å². The minimum absolute atomic E-state index is 0.445. The molecule has 0 aliphatic heterocycles. The molecule has 7 nitrogen and oxygen atoms in total. The summed E-state index contributed by atoms with van der Waals surface area (Å²) in [5.41, 5.74) is 10.2. The second-order valence-corrected chi connectivity index (χ2v) is 7.86. The van der Waals surface area contributed by atoms with Gasteiger partial charge in [-0.3, -0.25) is 4.79 Å². The van der Waals surface area contributed by atoms with E-state index in [1.807, 2.05) is 24.3 Å². The number of primary amides is 1. The van der Waals surface area contributed by atoms with Gasteiger partial charge >= 0.3 is 0 Å². The summed E-state index contributed by atoms with van der Waals surface area (Å²) in [6, 6.07) is 15.7. The van der Waals surface area contributed by atoms with E-state index in [2.05, 4.69) is 22.5 Å². The minimum atomic E-state index is -0.474. The van der Waals surface area contributed by atoms with Crippen LogP contribution in [-0.4, -0.2) is 25.7 Å². The Labute approximate surface area is 180 Å². The molecule has 2 aromatic carbocycles. The first kappa shape index (κ1) is 19.2. The van der Waals surface area contributed by atoms with Gasteiger partial charge in [-0.25, -0.2) is 4.98 Å². The number of nitrogens with one attached hydrogen (secondary N) is 1. The highest BCUT2D eigenvalue weighted by Gasteiger charge is 2.20. The van der Waals surface area contributed by atoms with E-state index in [0.29, 0.717) is 23.4 Å². The highest BCUT2D eigenvalue weighted by molar-refractivity contribution is 6.05. The number of aromatic nitrogens is 4. The number of benzene rings is 2. The van der Waals surface area contributed by atoms with Crippen molar-refractivity contribution >= 4 is 22.6 Å². The van der Waals surface area contributed by atoms with Crippen molar-refractivity contribution < 1.29 is 4.79 Å². The molecule has 4 aromatic rings. The Balaban J connectivity index is 1.59. The number of hydrogen-bond acceptors (Lipinski definition) is 5. The Morgan fingerprint density at radius 3 is 2.68 bits per heavy atom. The van der Waals surface area contributed by atoms with E-state index >= 15 is 0 Å². The molecule has 1 aliphatic rings. The summed E-state index contributed by atoms with van der Waals surface area (Å²) < 4.78 is 1.70. The SMILES string of the molecule is NC(=O)c1cccc2c1cnn2-c1nc2c(c(NCc3ccccc3)n1)CCCCC2. The molecule has 0 unspecified atom stereocenters. The van der Waals surface area contributed by atoms with Crippen LogP contribution >= 0.6 is 0 Å². The Kier molecular flexibility index (Phi) is 5.08. The molecule has 0 atom stereocenters. The molecule has 3 N–H and O–H groups in total. The van der Waals surface area contributed by atoms with Crippen molar-refractivity contribution in [3.05, 3.63) is 77.1 Å². The van der Waals surface area contributed by atoms with Crippen LogP contribution in [0.2, 0.25) is 0 Å². The second-order valence-electron chi connectivity index (χ2n) is 7.86. The fourth-order valence-electron chi connectivity index (χ4n) is 4.21. The molecule has 0 fully saturated rings. The van der Waals surface area contributed by atoms with Gasteiger partial charge in [-0.2, -0.15) is 14.8 Å². The fraction of sp³-hybridized carbons (Fsp3) is 0.250. The van der Waals surface area contributed by atoms with Crippen molar-refractivity contribution in [1.82, 2.24) is 19.7 Å². The number of carbonyl (C=O) groups excluding carboxylic acids is 1. The van der Waals surface area contributed by atoms with Crippen LogP contribution in [0.15, 0.2) is 54.7 Å². The van der Waals surface area contributed by atoms with E-state index < -0.39 is 5.91 Å². The number of nitrogens with zero attached hydrogens (tertiary/aromatic N) is 4. The van der Waals surface area contributed by atoms with Crippen LogP contribution in [0.1, 0.15) is 46.4 Å². The van der Waals surface area contributed by atoms with Gasteiger partial charge in [0.05, 0.1) is 23.0 Å². The summed E-state index contributed by atoms with van der Waals surface area (Å²) in [6.07, 6.45) is 7.00. The van der Waals surface area contributed by atoms with Crippen molar-refractivity contribution in [3.8, 4) is 5.95 Å². The Bertz CT molecular complexity index is 1250. The number of amides is 1. The lowest BCUT2D eigenvalue weighted by atomic mass is 10.1. The van der Waals surface area contributed by atoms with Crippen molar-refractivity contribution in [2.24, 2.45) is 5.73 Å². The van der Waals surface area contributed by atoms with Crippen molar-refractivity contribution in [3.63, 3.8) is 0 Å². The molecular formula is C24H24N6O. The quantitative estimate of drug-likeness (QED) is 0.486. The molecule has 2 heterocycles. The van der Waals surface area contributed by atoms with Crippen molar-refractivity contribution in [2.45, 2.75) is 38.6 Å². The number of anilines is 1. The zero-order valence-electron chi connectivity index (χ0n) is 17.2. The van der Waals surface area contributed by atoms with E-state index in [4.69, 9.17) is 15.7 Å². The number of fused-ring (bicyclic) bond motifs is 2. The predicted octanol–water partition coefficient (Wildman–Crippen LogP) is 3.80. The number of nitrogens with two attached hydrogens (primary N) is 1. The maximum atomic E-state index is 11.8. The molecule has 0 saturated heterocycles. The van der Waals surface area contributed by atoms with Crippen LogP contribution in [0, 0.1) is 0 Å². The van der Waals surface area contributed by atoms with E-state index in [1.165, 1.54) is 17.5 Å². The molecule has 1 aliphatic carbocycles. The van der Waals surface area contributed by atoms with Gasteiger partial charge in [-0.15, -0.1) is 0 Å². The normalized spacial score (nSPS) is 13.5. The largest absolute Gasteiger partial charge is 0.366 e. The maximum absolute atomic E-state index is 11.8. The first-order valence-corrected chi connectivity index (χ1v) is 10.7. The molecular weight excluding hydrogens is 388 g/mol. The van der Waals surface area contributed by atoms with Crippen LogP contribution < -0.4 is 11.1 Å². The van der Waals surface area contributed by atoms with Gasteiger partial charge < -0.3 is 11.1 Å². The summed E-state index contributed by atoms with van der Waals surface area (Å²) in [5, 5.41) is 8.73. The Morgan fingerprint density at radius 1 is 1.00 bits per heavy atom. The first-order valence-electron chi connectivity index (χ1n) is 10.7. The Hall–Kier alpha value is -3.74. The third-order valence-electron chi connectivity index (χ3n) is 5.79. The monoisotopic (exact) mass is 412 g/mol. The molecule has 7 heteroatoms. The number of rotatable bonds is 5. The second kappa shape index (κ2) is 8.18. The fourth-order valence-corrected chi connectivity index (χ4v) is 4.21. The molecule has 1 amide bonds. The average Bonchev–Trinajstić information content (AvgIpc) is 3.08. The van der Waals surface area contributed by atoms with Gasteiger partial charge in [0.1, 0.15) is 5.82 Å². The maximum Gasteiger partial charge on any atom is 0.253 e. The van der Waals surface area contributed by atoms with Gasteiger partial charge in [0, 0.05) is 17.5 Å². The highest BCUT2D eigenvalue weighted by Crippen LogP contribution is 2.28. The molecule has 31 heavy (non-hydrogen) atoms. The van der Waals surface area contributed by atoms with Crippen LogP contribution in [0.5, 0.6) is 0 Å². The first-order chi connectivity index (χ1) is 15.2. The third kappa shape index (κ3) is 3.74. The number of aryl methyl sites for hydroxylation is 1. The number of hydrogen-bond donors (Lipinski definition) is 2. The van der Waals surface area contributed by atoms with Crippen LogP contribution in [0.3, 0.4) is 0 Å². The molecule has 156 valence electrons. The van der Waals surface area contributed by atoms with Gasteiger partial charge in [-0.1, -0.05) is 42.8 Å². The van der Waals surface area contributed by atoms with Gasteiger partial charge in [0.25, 0.3) is 5.95 Å². The van der Waals surface area contributed by atoms with E-state index in [-0.39, 0.29) is 0 Å². The van der Waals surface area contributed by atoms with Gasteiger partial charge in [-0.05, 0) is 43.4 Å². The number of carbonyl (C=O) groups is 1. The third-order valence-corrected chi connectivity index (χ3v) is 5.79. The van der Waals surface area contributed by atoms with Crippen LogP contribution in [0.4, 0.5) is 5.82 Å². The smallest absolute Gasteiger partial charge is 0.253 e. The average molecular weight is 412 g/mol. The lowest BCUT2D eigenvalue weighted by Crippen LogP contribution is -2.13. The lowest BCUT2D eigenvalue weighted by Gasteiger charge is -2.15. The Morgan fingerprint density at radius 2 is 1.84 bits per heavy atom. The highest BCUT2D eigenvalue weighted by atomic mass is 16.1.